The lowest BCUT2D eigenvalue weighted by Gasteiger charge is -2.07. The van der Waals surface area contributed by atoms with Crippen LogP contribution < -0.4 is 5.32 Å². The molecule has 1 heterocycles. The summed E-state index contributed by atoms with van der Waals surface area (Å²) in [7, 11) is 0. The monoisotopic (exact) mass is 287 g/mol. The maximum Gasteiger partial charge on any atom is 0.278 e. The summed E-state index contributed by atoms with van der Waals surface area (Å²) in [5, 5.41) is 11.2. The van der Waals surface area contributed by atoms with Gasteiger partial charge in [0.2, 0.25) is 5.13 Å². The molecule has 0 atom stereocenters. The zero-order valence-corrected chi connectivity index (χ0v) is 10.8. The average molecular weight is 289 g/mol. The number of nitrogens with zero attached hydrogens (tertiary/aromatic N) is 2. The van der Waals surface area contributed by atoms with Gasteiger partial charge in [-0.25, -0.2) is 0 Å². The molecular formula is C7H8Cl3N3OS. The molecule has 0 unspecified atom stereocenters. The molecule has 1 N–H and O–H groups in total. The number of carbonyl (C=O) groups is 1. The zero-order chi connectivity index (χ0) is 11.5. The molecular weight excluding hydrogens is 281 g/mol. The number of hydrogen-bond acceptors (Lipinski definition) is 4. The zero-order valence-electron chi connectivity index (χ0n) is 7.76. The summed E-state index contributed by atoms with van der Waals surface area (Å²) in [6.07, 6.45) is 1.79. The van der Waals surface area contributed by atoms with Gasteiger partial charge < -0.3 is 0 Å². The van der Waals surface area contributed by atoms with Crippen molar-refractivity contribution in [1.82, 2.24) is 10.2 Å². The molecule has 0 bridgehead atoms. The highest BCUT2D eigenvalue weighted by Gasteiger charge is 2.31. The van der Waals surface area contributed by atoms with Crippen LogP contribution in [0.2, 0.25) is 0 Å². The standard InChI is InChI=1S/C7H8Cl3N3OS/c1-2-3-4-12-13-6(15-4)11-5(14)7(8,9)10/h2-3H2,1H3,(H,11,13,14). The van der Waals surface area contributed by atoms with Gasteiger partial charge in [-0.15, -0.1) is 10.2 Å². The molecule has 0 fully saturated rings. The molecule has 0 saturated heterocycles. The van der Waals surface area contributed by atoms with Gasteiger partial charge in [-0.3, -0.25) is 10.1 Å². The van der Waals surface area contributed by atoms with Crippen LogP contribution in [0.1, 0.15) is 18.4 Å². The first-order valence-corrected chi connectivity index (χ1v) is 6.09. The molecule has 0 aliphatic carbocycles. The molecule has 0 saturated carbocycles. The van der Waals surface area contributed by atoms with E-state index < -0.39 is 9.70 Å². The van der Waals surface area contributed by atoms with E-state index in [1.165, 1.54) is 11.3 Å². The van der Waals surface area contributed by atoms with Gasteiger partial charge in [-0.2, -0.15) is 0 Å². The molecule has 1 rings (SSSR count). The molecule has 0 radical (unpaired) electrons. The lowest BCUT2D eigenvalue weighted by molar-refractivity contribution is -0.115. The predicted octanol–water partition coefficient (Wildman–Crippen LogP) is 2.80. The number of rotatable bonds is 3. The molecule has 15 heavy (non-hydrogen) atoms. The van der Waals surface area contributed by atoms with E-state index in [4.69, 9.17) is 34.8 Å². The number of hydrogen-bond donors (Lipinski definition) is 1. The van der Waals surface area contributed by atoms with Crippen molar-refractivity contribution in [3.05, 3.63) is 5.01 Å². The third-order valence-electron chi connectivity index (χ3n) is 1.41. The minimum atomic E-state index is -1.98. The van der Waals surface area contributed by atoms with Gasteiger partial charge in [0, 0.05) is 6.42 Å². The normalized spacial score (nSPS) is 11.5. The van der Waals surface area contributed by atoms with Gasteiger partial charge in [0.25, 0.3) is 9.70 Å². The number of halogens is 3. The summed E-state index contributed by atoms with van der Waals surface area (Å²) in [4.78, 5) is 11.2. The highest BCUT2D eigenvalue weighted by atomic mass is 35.6. The molecule has 4 nitrogen and oxygen atoms in total. The van der Waals surface area contributed by atoms with Gasteiger partial charge in [0.1, 0.15) is 5.01 Å². The topological polar surface area (TPSA) is 54.9 Å². The number of carbonyl (C=O) groups excluding carboxylic acids is 1. The average Bonchev–Trinajstić information content (AvgIpc) is 2.51. The van der Waals surface area contributed by atoms with E-state index in [1.807, 2.05) is 6.92 Å². The maximum atomic E-state index is 11.2. The van der Waals surface area contributed by atoms with E-state index in [0.29, 0.717) is 5.13 Å². The van der Waals surface area contributed by atoms with Crippen LogP contribution in [0.3, 0.4) is 0 Å². The summed E-state index contributed by atoms with van der Waals surface area (Å²) in [5.74, 6) is -0.730. The van der Waals surface area contributed by atoms with Crippen LogP contribution in [-0.4, -0.2) is 19.9 Å². The molecule has 0 aliphatic rings. The van der Waals surface area contributed by atoms with E-state index >= 15 is 0 Å². The van der Waals surface area contributed by atoms with Crippen LogP contribution in [0.5, 0.6) is 0 Å². The first-order chi connectivity index (χ1) is 6.93. The Kier molecular flexibility index (Phi) is 4.58. The van der Waals surface area contributed by atoms with Crippen LogP contribution in [0.4, 0.5) is 5.13 Å². The molecule has 0 aromatic carbocycles. The van der Waals surface area contributed by atoms with Gasteiger partial charge in [-0.05, 0) is 6.42 Å². The van der Waals surface area contributed by atoms with Gasteiger partial charge >= 0.3 is 0 Å². The van der Waals surface area contributed by atoms with Crippen molar-refractivity contribution >= 4 is 57.2 Å². The third kappa shape index (κ3) is 4.10. The van der Waals surface area contributed by atoms with Crippen molar-refractivity contribution in [2.75, 3.05) is 5.32 Å². The first-order valence-electron chi connectivity index (χ1n) is 4.14. The lowest BCUT2D eigenvalue weighted by atomic mass is 10.4. The van der Waals surface area contributed by atoms with Gasteiger partial charge in [0.15, 0.2) is 0 Å². The second-order valence-electron chi connectivity index (χ2n) is 2.70. The Morgan fingerprint density at radius 1 is 1.47 bits per heavy atom. The summed E-state index contributed by atoms with van der Waals surface area (Å²) in [5.41, 5.74) is 0. The second kappa shape index (κ2) is 5.30. The Bertz CT molecular complexity index is 349. The van der Waals surface area contributed by atoms with E-state index in [-0.39, 0.29) is 0 Å². The Morgan fingerprint density at radius 2 is 2.13 bits per heavy atom. The number of anilines is 1. The highest BCUT2D eigenvalue weighted by Crippen LogP contribution is 2.28. The van der Waals surface area contributed by atoms with Crippen molar-refractivity contribution in [2.45, 2.75) is 23.6 Å². The van der Waals surface area contributed by atoms with Crippen LogP contribution in [0.25, 0.3) is 0 Å². The van der Waals surface area contributed by atoms with Crippen molar-refractivity contribution in [3.8, 4) is 0 Å². The van der Waals surface area contributed by atoms with Crippen molar-refractivity contribution in [3.63, 3.8) is 0 Å². The molecule has 1 aromatic rings. The highest BCUT2D eigenvalue weighted by molar-refractivity contribution is 7.15. The summed E-state index contributed by atoms with van der Waals surface area (Å²) >= 11 is 17.4. The molecule has 8 heteroatoms. The minimum Gasteiger partial charge on any atom is -0.297 e. The summed E-state index contributed by atoms with van der Waals surface area (Å²) < 4.78 is -1.98. The molecule has 1 aromatic heterocycles. The van der Waals surface area contributed by atoms with E-state index in [0.717, 1.165) is 17.8 Å². The smallest absolute Gasteiger partial charge is 0.278 e. The fraction of sp³-hybridized carbons (Fsp3) is 0.571. The van der Waals surface area contributed by atoms with Crippen LogP contribution in [0, 0.1) is 0 Å². The van der Waals surface area contributed by atoms with Crippen molar-refractivity contribution in [1.29, 1.82) is 0 Å². The summed E-state index contributed by atoms with van der Waals surface area (Å²) in [6, 6.07) is 0. The van der Waals surface area contributed by atoms with Crippen LogP contribution in [-0.2, 0) is 11.2 Å². The summed E-state index contributed by atoms with van der Waals surface area (Å²) in [6.45, 7) is 2.03. The number of aryl methyl sites for hydroxylation is 1. The third-order valence-corrected chi connectivity index (χ3v) is 2.82. The predicted molar refractivity (Wildman–Crippen MR) is 62.8 cm³/mol. The first kappa shape index (κ1) is 13.0. The number of aromatic nitrogens is 2. The Labute approximate surface area is 106 Å². The lowest BCUT2D eigenvalue weighted by Crippen LogP contribution is -2.26. The van der Waals surface area contributed by atoms with E-state index in [9.17, 15) is 4.79 Å². The SMILES string of the molecule is CCCc1nnc(NC(=O)C(Cl)(Cl)Cl)s1. The van der Waals surface area contributed by atoms with Crippen LogP contribution in [0.15, 0.2) is 0 Å². The van der Waals surface area contributed by atoms with E-state index in [1.54, 1.807) is 0 Å². The van der Waals surface area contributed by atoms with Crippen molar-refractivity contribution < 1.29 is 4.79 Å². The fourth-order valence-electron chi connectivity index (χ4n) is 0.787. The second-order valence-corrected chi connectivity index (χ2v) is 6.05. The number of amides is 1. The molecule has 0 spiro atoms. The van der Waals surface area contributed by atoms with E-state index in [2.05, 4.69) is 15.5 Å². The minimum absolute atomic E-state index is 0.342. The number of nitrogens with one attached hydrogen (secondary N) is 1. The quantitative estimate of drug-likeness (QED) is 0.870. The molecule has 1 amide bonds. The molecule has 84 valence electrons. The van der Waals surface area contributed by atoms with Gasteiger partial charge in [0.05, 0.1) is 0 Å². The molecule has 0 aliphatic heterocycles. The Morgan fingerprint density at radius 3 is 2.67 bits per heavy atom. The maximum absolute atomic E-state index is 11.2. The number of alkyl halides is 3. The van der Waals surface area contributed by atoms with Crippen LogP contribution >= 0.6 is 46.1 Å². The van der Waals surface area contributed by atoms with Gasteiger partial charge in [-0.1, -0.05) is 53.1 Å². The largest absolute Gasteiger partial charge is 0.297 e. The Balaban J connectivity index is 2.61. The Hall–Kier alpha value is -0.100. The van der Waals surface area contributed by atoms with Crippen molar-refractivity contribution in [2.24, 2.45) is 0 Å². The fourth-order valence-corrected chi connectivity index (χ4v) is 1.77.